The molecular formula is C23H34N4O2S. The number of hydrogen-bond acceptors (Lipinski definition) is 6. The van der Waals surface area contributed by atoms with Crippen molar-refractivity contribution < 1.29 is 9.53 Å². The molecule has 0 spiro atoms. The van der Waals surface area contributed by atoms with Crippen LogP contribution in [0.5, 0.6) is 0 Å². The maximum Gasteiger partial charge on any atom is 0.330 e. The molecule has 0 unspecified atom stereocenters. The number of allylic oxidation sites excluding steroid dienone is 1. The van der Waals surface area contributed by atoms with E-state index in [1.165, 1.54) is 38.5 Å². The average molecular weight is 431 g/mol. The molecule has 2 aromatic rings. The standard InChI is InChI=1S/C23H34N4O2S/c1-23(2,3)29-21(28)18-14-9-7-5-4-6-8-10-15-19-30-22-24-25-26-27(22)20-16-12-11-13-17-20/h11-14,16-18H,4-10,15,19H2,1-3H3/b18-14+. The Kier molecular flexibility index (Phi) is 10.6. The van der Waals surface area contributed by atoms with Crippen LogP contribution in [0.2, 0.25) is 0 Å². The summed E-state index contributed by atoms with van der Waals surface area (Å²) in [5, 5.41) is 12.9. The monoisotopic (exact) mass is 430 g/mol. The minimum absolute atomic E-state index is 0.252. The van der Waals surface area contributed by atoms with Crippen LogP contribution in [0.3, 0.4) is 0 Å². The van der Waals surface area contributed by atoms with Crippen molar-refractivity contribution >= 4 is 17.7 Å². The minimum Gasteiger partial charge on any atom is -0.457 e. The Labute approximate surface area is 184 Å². The van der Waals surface area contributed by atoms with Crippen LogP contribution in [0.4, 0.5) is 0 Å². The van der Waals surface area contributed by atoms with Crippen LogP contribution in [0, 0.1) is 0 Å². The number of unbranched alkanes of at least 4 members (excludes halogenated alkanes) is 7. The zero-order chi connectivity index (χ0) is 21.7. The number of thioether (sulfide) groups is 1. The third kappa shape index (κ3) is 10.1. The molecule has 164 valence electrons. The van der Waals surface area contributed by atoms with Crippen LogP contribution in [0.1, 0.15) is 72.1 Å². The van der Waals surface area contributed by atoms with Gasteiger partial charge < -0.3 is 4.74 Å². The number of esters is 1. The van der Waals surface area contributed by atoms with Crippen LogP contribution in [-0.4, -0.2) is 37.5 Å². The number of rotatable bonds is 13. The number of para-hydroxylation sites is 1. The predicted molar refractivity (Wildman–Crippen MR) is 122 cm³/mol. The number of ether oxygens (including phenoxy) is 1. The lowest BCUT2D eigenvalue weighted by Gasteiger charge is -2.17. The molecule has 0 bridgehead atoms. The number of aromatic nitrogens is 4. The van der Waals surface area contributed by atoms with Crippen LogP contribution in [-0.2, 0) is 9.53 Å². The summed E-state index contributed by atoms with van der Waals surface area (Å²) in [4.78, 5) is 11.6. The molecule has 1 aromatic carbocycles. The first-order valence-electron chi connectivity index (χ1n) is 10.8. The van der Waals surface area contributed by atoms with Crippen molar-refractivity contribution in [2.75, 3.05) is 5.75 Å². The molecule has 0 aliphatic carbocycles. The highest BCUT2D eigenvalue weighted by molar-refractivity contribution is 7.99. The SMILES string of the molecule is CC(C)(C)OC(=O)/C=C/CCCCCCCCCSc1nnnn1-c1ccccc1. The Balaban J connectivity index is 1.46. The van der Waals surface area contributed by atoms with Gasteiger partial charge in [0.15, 0.2) is 0 Å². The highest BCUT2D eigenvalue weighted by Crippen LogP contribution is 2.20. The van der Waals surface area contributed by atoms with Gasteiger partial charge in [0, 0.05) is 11.8 Å². The molecule has 0 saturated heterocycles. The number of benzene rings is 1. The molecule has 0 amide bonds. The summed E-state index contributed by atoms with van der Waals surface area (Å²) < 4.78 is 7.04. The van der Waals surface area contributed by atoms with E-state index in [1.54, 1.807) is 22.5 Å². The lowest BCUT2D eigenvalue weighted by Crippen LogP contribution is -2.22. The Morgan fingerprint density at radius 3 is 2.40 bits per heavy atom. The molecule has 0 fully saturated rings. The van der Waals surface area contributed by atoms with E-state index in [-0.39, 0.29) is 5.97 Å². The summed E-state index contributed by atoms with van der Waals surface area (Å²) >= 11 is 1.71. The highest BCUT2D eigenvalue weighted by atomic mass is 32.2. The first kappa shape index (κ1) is 24.1. The van der Waals surface area contributed by atoms with E-state index in [4.69, 9.17) is 4.74 Å². The van der Waals surface area contributed by atoms with Crippen molar-refractivity contribution in [3.63, 3.8) is 0 Å². The minimum atomic E-state index is -0.420. The molecule has 30 heavy (non-hydrogen) atoms. The van der Waals surface area contributed by atoms with Crippen molar-refractivity contribution in [3.05, 3.63) is 42.5 Å². The normalized spacial score (nSPS) is 11.8. The van der Waals surface area contributed by atoms with Gasteiger partial charge >= 0.3 is 5.97 Å². The Morgan fingerprint density at radius 2 is 1.70 bits per heavy atom. The van der Waals surface area contributed by atoms with Gasteiger partial charge in [0.2, 0.25) is 5.16 Å². The summed E-state index contributed by atoms with van der Waals surface area (Å²) in [5.74, 6) is 0.779. The zero-order valence-electron chi connectivity index (χ0n) is 18.4. The van der Waals surface area contributed by atoms with Gasteiger partial charge in [-0.05, 0) is 62.6 Å². The summed E-state index contributed by atoms with van der Waals surface area (Å²) in [5.41, 5.74) is 0.571. The lowest BCUT2D eigenvalue weighted by molar-refractivity contribution is -0.148. The largest absolute Gasteiger partial charge is 0.457 e. The maximum absolute atomic E-state index is 11.6. The van der Waals surface area contributed by atoms with E-state index in [2.05, 4.69) is 15.5 Å². The Morgan fingerprint density at radius 1 is 1.03 bits per heavy atom. The number of hydrogen-bond donors (Lipinski definition) is 0. The molecule has 6 nitrogen and oxygen atoms in total. The lowest BCUT2D eigenvalue weighted by atomic mass is 10.1. The molecule has 0 radical (unpaired) electrons. The predicted octanol–water partition coefficient (Wildman–Crippen LogP) is 5.77. The first-order chi connectivity index (χ1) is 14.5. The van der Waals surface area contributed by atoms with Gasteiger partial charge in [-0.15, -0.1) is 5.10 Å². The molecule has 7 heteroatoms. The van der Waals surface area contributed by atoms with Gasteiger partial charge in [-0.2, -0.15) is 4.68 Å². The molecule has 0 atom stereocenters. The summed E-state index contributed by atoms with van der Waals surface area (Å²) in [7, 11) is 0. The van der Waals surface area contributed by atoms with Crippen LogP contribution in [0.15, 0.2) is 47.6 Å². The topological polar surface area (TPSA) is 69.9 Å². The molecular weight excluding hydrogens is 396 g/mol. The van der Waals surface area contributed by atoms with E-state index in [1.807, 2.05) is 57.2 Å². The molecule has 0 aliphatic heterocycles. The van der Waals surface area contributed by atoms with Gasteiger partial charge in [0.05, 0.1) is 5.69 Å². The van der Waals surface area contributed by atoms with E-state index < -0.39 is 5.60 Å². The van der Waals surface area contributed by atoms with E-state index >= 15 is 0 Å². The van der Waals surface area contributed by atoms with Crippen molar-refractivity contribution in [1.82, 2.24) is 20.2 Å². The van der Waals surface area contributed by atoms with E-state index in [0.29, 0.717) is 0 Å². The van der Waals surface area contributed by atoms with Gasteiger partial charge in [0.1, 0.15) is 5.60 Å². The van der Waals surface area contributed by atoms with Gasteiger partial charge in [-0.25, -0.2) is 4.79 Å². The van der Waals surface area contributed by atoms with Crippen molar-refractivity contribution in [1.29, 1.82) is 0 Å². The van der Waals surface area contributed by atoms with Crippen molar-refractivity contribution in [3.8, 4) is 5.69 Å². The Bertz CT molecular complexity index is 769. The Hall–Kier alpha value is -2.15. The average Bonchev–Trinajstić information content (AvgIpc) is 3.16. The summed E-state index contributed by atoms with van der Waals surface area (Å²) in [6.45, 7) is 5.64. The van der Waals surface area contributed by atoms with Crippen LogP contribution >= 0.6 is 11.8 Å². The van der Waals surface area contributed by atoms with E-state index in [9.17, 15) is 4.79 Å². The fourth-order valence-corrected chi connectivity index (χ4v) is 3.82. The first-order valence-corrected chi connectivity index (χ1v) is 11.8. The molecule has 0 aliphatic rings. The van der Waals surface area contributed by atoms with E-state index in [0.717, 1.165) is 29.4 Å². The maximum atomic E-state index is 11.6. The van der Waals surface area contributed by atoms with Gasteiger partial charge in [-0.1, -0.05) is 68.1 Å². The van der Waals surface area contributed by atoms with Crippen LogP contribution in [0.25, 0.3) is 5.69 Å². The number of carbonyl (C=O) groups excluding carboxylic acids is 1. The summed E-state index contributed by atoms with van der Waals surface area (Å²) in [6.07, 6.45) is 12.9. The smallest absolute Gasteiger partial charge is 0.330 e. The second kappa shape index (κ2) is 13.2. The number of nitrogens with zero attached hydrogens (tertiary/aromatic N) is 4. The highest BCUT2D eigenvalue weighted by Gasteiger charge is 2.13. The number of carbonyl (C=O) groups is 1. The fraction of sp³-hybridized carbons (Fsp3) is 0.565. The van der Waals surface area contributed by atoms with Crippen molar-refractivity contribution in [2.45, 2.75) is 82.9 Å². The molecule has 1 heterocycles. The molecule has 1 aromatic heterocycles. The molecule has 0 N–H and O–H groups in total. The zero-order valence-corrected chi connectivity index (χ0v) is 19.2. The summed E-state index contributed by atoms with van der Waals surface area (Å²) in [6, 6.07) is 9.98. The third-order valence-corrected chi connectivity index (χ3v) is 5.35. The van der Waals surface area contributed by atoms with Gasteiger partial charge in [0.25, 0.3) is 0 Å². The quantitative estimate of drug-likeness (QED) is 0.174. The van der Waals surface area contributed by atoms with Crippen molar-refractivity contribution in [2.24, 2.45) is 0 Å². The number of tetrazole rings is 1. The third-order valence-electron chi connectivity index (χ3n) is 4.35. The molecule has 0 saturated carbocycles. The van der Waals surface area contributed by atoms with Crippen LogP contribution < -0.4 is 0 Å². The second-order valence-corrected chi connectivity index (χ2v) is 9.32. The second-order valence-electron chi connectivity index (χ2n) is 8.26. The molecule has 2 rings (SSSR count). The fourth-order valence-electron chi connectivity index (χ4n) is 2.93. The van der Waals surface area contributed by atoms with Gasteiger partial charge in [-0.3, -0.25) is 0 Å².